The van der Waals surface area contributed by atoms with Crippen LogP contribution < -0.4 is 0 Å². The second-order valence-electron chi connectivity index (χ2n) is 3.21. The molecule has 14 heavy (non-hydrogen) atoms. The molecule has 0 bridgehead atoms. The largest absolute Gasteiger partial charge is 0.378 e. The number of morpholine rings is 1. The minimum atomic E-state index is 0.0932. The van der Waals surface area contributed by atoms with Gasteiger partial charge in [-0.15, -0.1) is 6.58 Å². The standard InChI is InChI=1S/C10H18N2O2/c1-3-5-11(4-2)10(13)12-6-8-14-9-7-12/h3H,1,4-9H2,2H3. The number of ether oxygens (including phenoxy) is 1. The van der Waals surface area contributed by atoms with Gasteiger partial charge in [0.25, 0.3) is 0 Å². The maximum absolute atomic E-state index is 11.9. The van der Waals surface area contributed by atoms with Crippen molar-refractivity contribution in [2.24, 2.45) is 0 Å². The molecule has 0 aromatic heterocycles. The van der Waals surface area contributed by atoms with Crippen molar-refractivity contribution in [1.82, 2.24) is 9.80 Å². The Hall–Kier alpha value is -1.03. The monoisotopic (exact) mass is 198 g/mol. The van der Waals surface area contributed by atoms with Crippen molar-refractivity contribution in [3.8, 4) is 0 Å². The van der Waals surface area contributed by atoms with Gasteiger partial charge in [-0.3, -0.25) is 0 Å². The fraction of sp³-hybridized carbons (Fsp3) is 0.700. The summed E-state index contributed by atoms with van der Waals surface area (Å²) < 4.78 is 5.19. The lowest BCUT2D eigenvalue weighted by molar-refractivity contribution is 0.0446. The number of carbonyl (C=O) groups is 1. The van der Waals surface area contributed by atoms with E-state index in [4.69, 9.17) is 4.74 Å². The Balaban J connectivity index is 2.47. The Kier molecular flexibility index (Phi) is 4.46. The topological polar surface area (TPSA) is 32.8 Å². The lowest BCUT2D eigenvalue weighted by atomic mass is 10.4. The molecule has 0 radical (unpaired) electrons. The van der Waals surface area contributed by atoms with Gasteiger partial charge in [0, 0.05) is 26.2 Å². The van der Waals surface area contributed by atoms with Crippen LogP contribution in [0.3, 0.4) is 0 Å². The molecule has 0 spiro atoms. The number of hydrogen-bond donors (Lipinski definition) is 0. The molecule has 0 aromatic rings. The summed E-state index contributed by atoms with van der Waals surface area (Å²) in [7, 11) is 0. The molecule has 4 nitrogen and oxygen atoms in total. The highest BCUT2D eigenvalue weighted by atomic mass is 16.5. The Labute approximate surface area is 85.1 Å². The average molecular weight is 198 g/mol. The molecule has 1 fully saturated rings. The van der Waals surface area contributed by atoms with Crippen molar-refractivity contribution >= 4 is 6.03 Å². The molecule has 1 aliphatic rings. The molecule has 1 saturated heterocycles. The highest BCUT2D eigenvalue weighted by Crippen LogP contribution is 2.03. The Morgan fingerprint density at radius 2 is 2.21 bits per heavy atom. The minimum absolute atomic E-state index is 0.0932. The van der Waals surface area contributed by atoms with Crippen molar-refractivity contribution in [3.63, 3.8) is 0 Å². The first-order valence-electron chi connectivity index (χ1n) is 5.02. The van der Waals surface area contributed by atoms with Crippen LogP contribution >= 0.6 is 0 Å². The maximum Gasteiger partial charge on any atom is 0.320 e. The molecule has 2 amide bonds. The normalized spacial score (nSPS) is 16.5. The van der Waals surface area contributed by atoms with Gasteiger partial charge < -0.3 is 14.5 Å². The second-order valence-corrected chi connectivity index (χ2v) is 3.21. The van der Waals surface area contributed by atoms with E-state index in [9.17, 15) is 4.79 Å². The first kappa shape index (κ1) is 11.0. The van der Waals surface area contributed by atoms with Gasteiger partial charge in [-0.25, -0.2) is 4.79 Å². The zero-order valence-corrected chi connectivity index (χ0v) is 8.74. The van der Waals surface area contributed by atoms with Crippen LogP contribution in [0, 0.1) is 0 Å². The number of hydrogen-bond acceptors (Lipinski definition) is 2. The lowest BCUT2D eigenvalue weighted by Crippen LogP contribution is -2.48. The number of likely N-dealkylation sites (N-methyl/N-ethyl adjacent to an activating group) is 1. The summed E-state index contributed by atoms with van der Waals surface area (Å²) in [5, 5.41) is 0. The molecule has 0 aromatic carbocycles. The molecule has 80 valence electrons. The molecule has 1 heterocycles. The fourth-order valence-electron chi connectivity index (χ4n) is 1.45. The molecular formula is C10H18N2O2. The smallest absolute Gasteiger partial charge is 0.320 e. The Morgan fingerprint density at radius 3 is 2.71 bits per heavy atom. The molecule has 0 N–H and O–H groups in total. The van der Waals surface area contributed by atoms with Crippen LogP contribution in [0.1, 0.15) is 6.92 Å². The number of nitrogens with zero attached hydrogens (tertiary/aromatic N) is 2. The van der Waals surface area contributed by atoms with Crippen LogP contribution in [0.15, 0.2) is 12.7 Å². The van der Waals surface area contributed by atoms with E-state index in [2.05, 4.69) is 6.58 Å². The van der Waals surface area contributed by atoms with Gasteiger partial charge in [-0.2, -0.15) is 0 Å². The van der Waals surface area contributed by atoms with E-state index in [1.165, 1.54) is 0 Å². The van der Waals surface area contributed by atoms with Gasteiger partial charge in [0.2, 0.25) is 0 Å². The minimum Gasteiger partial charge on any atom is -0.378 e. The Bertz CT molecular complexity index is 200. The average Bonchev–Trinajstić information content (AvgIpc) is 2.26. The summed E-state index contributed by atoms with van der Waals surface area (Å²) in [6, 6.07) is 0.0932. The van der Waals surface area contributed by atoms with E-state index in [-0.39, 0.29) is 6.03 Å². The predicted octanol–water partition coefficient (Wildman–Crippen LogP) is 0.947. The summed E-state index contributed by atoms with van der Waals surface area (Å²) in [4.78, 5) is 15.5. The molecular weight excluding hydrogens is 180 g/mol. The molecule has 0 aliphatic carbocycles. The summed E-state index contributed by atoms with van der Waals surface area (Å²) in [6.07, 6.45) is 1.75. The summed E-state index contributed by atoms with van der Waals surface area (Å²) in [6.45, 7) is 9.66. The zero-order valence-electron chi connectivity index (χ0n) is 8.74. The Morgan fingerprint density at radius 1 is 1.57 bits per heavy atom. The van der Waals surface area contributed by atoms with Crippen LogP contribution in [-0.4, -0.2) is 55.2 Å². The predicted molar refractivity (Wildman–Crippen MR) is 55.2 cm³/mol. The molecule has 0 saturated carbocycles. The van der Waals surface area contributed by atoms with Gasteiger partial charge >= 0.3 is 6.03 Å². The highest BCUT2D eigenvalue weighted by molar-refractivity contribution is 5.74. The van der Waals surface area contributed by atoms with E-state index >= 15 is 0 Å². The van der Waals surface area contributed by atoms with Crippen LogP contribution in [0.4, 0.5) is 4.79 Å². The van der Waals surface area contributed by atoms with E-state index in [0.29, 0.717) is 32.8 Å². The van der Waals surface area contributed by atoms with Crippen LogP contribution in [-0.2, 0) is 4.74 Å². The van der Waals surface area contributed by atoms with Crippen molar-refractivity contribution in [2.45, 2.75) is 6.92 Å². The zero-order chi connectivity index (χ0) is 10.4. The van der Waals surface area contributed by atoms with Crippen LogP contribution in [0.2, 0.25) is 0 Å². The SMILES string of the molecule is C=CCN(CC)C(=O)N1CCOCC1. The molecule has 4 heteroatoms. The van der Waals surface area contributed by atoms with Gasteiger partial charge in [-0.05, 0) is 6.92 Å². The second kappa shape index (κ2) is 5.65. The summed E-state index contributed by atoms with van der Waals surface area (Å²) in [5.41, 5.74) is 0. The molecule has 0 unspecified atom stereocenters. The lowest BCUT2D eigenvalue weighted by Gasteiger charge is -2.31. The first-order chi connectivity index (χ1) is 6.79. The molecule has 0 atom stereocenters. The van der Waals surface area contributed by atoms with Crippen molar-refractivity contribution in [2.75, 3.05) is 39.4 Å². The van der Waals surface area contributed by atoms with E-state index < -0.39 is 0 Å². The third-order valence-corrected chi connectivity index (χ3v) is 2.28. The van der Waals surface area contributed by atoms with Gasteiger partial charge in [0.05, 0.1) is 13.2 Å². The number of amides is 2. The van der Waals surface area contributed by atoms with Crippen LogP contribution in [0.25, 0.3) is 0 Å². The highest BCUT2D eigenvalue weighted by Gasteiger charge is 2.20. The van der Waals surface area contributed by atoms with Gasteiger partial charge in [-0.1, -0.05) is 6.08 Å². The van der Waals surface area contributed by atoms with Gasteiger partial charge in [0.15, 0.2) is 0 Å². The third kappa shape index (κ3) is 2.73. The van der Waals surface area contributed by atoms with E-state index in [1.807, 2.05) is 11.8 Å². The van der Waals surface area contributed by atoms with E-state index in [1.54, 1.807) is 11.0 Å². The first-order valence-corrected chi connectivity index (χ1v) is 5.02. The van der Waals surface area contributed by atoms with Crippen molar-refractivity contribution in [3.05, 3.63) is 12.7 Å². The molecule has 1 aliphatic heterocycles. The number of carbonyl (C=O) groups excluding carboxylic acids is 1. The number of rotatable bonds is 3. The van der Waals surface area contributed by atoms with Crippen molar-refractivity contribution in [1.29, 1.82) is 0 Å². The van der Waals surface area contributed by atoms with Gasteiger partial charge in [0.1, 0.15) is 0 Å². The fourth-order valence-corrected chi connectivity index (χ4v) is 1.45. The quantitative estimate of drug-likeness (QED) is 0.632. The maximum atomic E-state index is 11.9. The molecule has 1 rings (SSSR count). The summed E-state index contributed by atoms with van der Waals surface area (Å²) in [5.74, 6) is 0. The van der Waals surface area contributed by atoms with E-state index in [0.717, 1.165) is 6.54 Å². The number of urea groups is 1. The van der Waals surface area contributed by atoms with Crippen LogP contribution in [0.5, 0.6) is 0 Å². The summed E-state index contributed by atoms with van der Waals surface area (Å²) >= 11 is 0. The third-order valence-electron chi connectivity index (χ3n) is 2.28. The van der Waals surface area contributed by atoms with Crippen molar-refractivity contribution < 1.29 is 9.53 Å².